The highest BCUT2D eigenvalue weighted by atomic mass is 16.5. The van der Waals surface area contributed by atoms with Gasteiger partial charge in [0.1, 0.15) is 5.76 Å². The first-order chi connectivity index (χ1) is 6.79. The normalized spacial score (nSPS) is 17.2. The molecule has 80 valence electrons. The summed E-state index contributed by atoms with van der Waals surface area (Å²) in [5.41, 5.74) is 0. The number of hydrogen-bond acceptors (Lipinski definition) is 2. The van der Waals surface area contributed by atoms with Crippen LogP contribution in [0.3, 0.4) is 0 Å². The highest BCUT2D eigenvalue weighted by Crippen LogP contribution is 2.10. The molecule has 2 nitrogen and oxygen atoms in total. The number of hydrogen-bond donors (Lipinski definition) is 1. The number of allylic oxidation sites excluding steroid dienone is 2. The van der Waals surface area contributed by atoms with Crippen molar-refractivity contribution in [1.82, 2.24) is 5.32 Å². The van der Waals surface area contributed by atoms with Crippen LogP contribution < -0.4 is 5.32 Å². The molecule has 14 heavy (non-hydrogen) atoms. The molecule has 0 spiro atoms. The molecule has 0 bridgehead atoms. The second kappa shape index (κ2) is 6.66. The first-order valence-corrected chi connectivity index (χ1v) is 5.52. The van der Waals surface area contributed by atoms with Crippen LogP contribution in [0.15, 0.2) is 24.0 Å². The molecule has 0 amide bonds. The minimum absolute atomic E-state index is 0.577. The number of nitrogens with one attached hydrogen (secondary N) is 1. The second-order valence-electron chi connectivity index (χ2n) is 3.90. The minimum atomic E-state index is 0.577. The Morgan fingerprint density at radius 2 is 2.43 bits per heavy atom. The van der Waals surface area contributed by atoms with Gasteiger partial charge >= 0.3 is 0 Å². The zero-order valence-corrected chi connectivity index (χ0v) is 9.25. The van der Waals surface area contributed by atoms with E-state index in [1.807, 2.05) is 0 Å². The van der Waals surface area contributed by atoms with Crippen LogP contribution in [0.25, 0.3) is 0 Å². The standard InChI is InChI=1S/C12H21NO/c1-11(2)13-9-5-3-7-12-8-4-6-10-14-12/h3,7-8,11,13H,4-6,9-10H2,1-2H3/b7-3+. The average Bonchev–Trinajstić information content (AvgIpc) is 2.18. The van der Waals surface area contributed by atoms with E-state index < -0.39 is 0 Å². The van der Waals surface area contributed by atoms with Crippen LogP contribution in [0.1, 0.15) is 33.1 Å². The van der Waals surface area contributed by atoms with E-state index in [2.05, 4.69) is 37.4 Å². The molecule has 0 aliphatic carbocycles. The third-order valence-corrected chi connectivity index (χ3v) is 2.11. The molecule has 0 unspecified atom stereocenters. The van der Waals surface area contributed by atoms with Crippen molar-refractivity contribution in [3.05, 3.63) is 24.0 Å². The fourth-order valence-electron chi connectivity index (χ4n) is 1.35. The van der Waals surface area contributed by atoms with E-state index in [9.17, 15) is 0 Å². The molecule has 1 aliphatic rings. The summed E-state index contributed by atoms with van der Waals surface area (Å²) in [4.78, 5) is 0. The van der Waals surface area contributed by atoms with Crippen LogP contribution in [0.4, 0.5) is 0 Å². The molecule has 0 aromatic carbocycles. The molecule has 0 radical (unpaired) electrons. The summed E-state index contributed by atoms with van der Waals surface area (Å²) in [5, 5.41) is 3.37. The summed E-state index contributed by atoms with van der Waals surface area (Å²) in [5.74, 6) is 1.04. The largest absolute Gasteiger partial charge is 0.494 e. The molecule has 0 aromatic rings. The van der Waals surface area contributed by atoms with Gasteiger partial charge in [0.15, 0.2) is 0 Å². The first-order valence-electron chi connectivity index (χ1n) is 5.52. The summed E-state index contributed by atoms with van der Waals surface area (Å²) in [7, 11) is 0. The van der Waals surface area contributed by atoms with Gasteiger partial charge in [-0.3, -0.25) is 0 Å². The summed E-state index contributed by atoms with van der Waals surface area (Å²) in [6, 6.07) is 0.577. The van der Waals surface area contributed by atoms with Gasteiger partial charge in [0, 0.05) is 6.04 Å². The van der Waals surface area contributed by atoms with Crippen LogP contribution in [-0.4, -0.2) is 19.2 Å². The maximum atomic E-state index is 5.46. The quantitative estimate of drug-likeness (QED) is 0.681. The second-order valence-corrected chi connectivity index (χ2v) is 3.90. The van der Waals surface area contributed by atoms with Gasteiger partial charge in [-0.15, -0.1) is 0 Å². The highest BCUT2D eigenvalue weighted by molar-refractivity contribution is 5.13. The van der Waals surface area contributed by atoms with Crippen molar-refractivity contribution < 1.29 is 4.74 Å². The molecular formula is C12H21NO. The lowest BCUT2D eigenvalue weighted by molar-refractivity contribution is 0.206. The molecule has 2 heteroatoms. The molecule has 0 atom stereocenters. The Bertz CT molecular complexity index is 206. The van der Waals surface area contributed by atoms with Crippen molar-refractivity contribution >= 4 is 0 Å². The van der Waals surface area contributed by atoms with E-state index in [-0.39, 0.29) is 0 Å². The van der Waals surface area contributed by atoms with Gasteiger partial charge < -0.3 is 10.1 Å². The van der Waals surface area contributed by atoms with Crippen LogP contribution in [0.5, 0.6) is 0 Å². The van der Waals surface area contributed by atoms with E-state index in [0.717, 1.165) is 38.2 Å². The van der Waals surface area contributed by atoms with E-state index in [1.54, 1.807) is 0 Å². The fourth-order valence-corrected chi connectivity index (χ4v) is 1.35. The molecule has 1 N–H and O–H groups in total. The lowest BCUT2D eigenvalue weighted by atomic mass is 10.2. The van der Waals surface area contributed by atoms with Crippen molar-refractivity contribution in [2.24, 2.45) is 0 Å². The topological polar surface area (TPSA) is 21.3 Å². The smallest absolute Gasteiger partial charge is 0.114 e. The van der Waals surface area contributed by atoms with E-state index >= 15 is 0 Å². The van der Waals surface area contributed by atoms with Gasteiger partial charge in [-0.25, -0.2) is 0 Å². The third kappa shape index (κ3) is 5.07. The van der Waals surface area contributed by atoms with Crippen molar-refractivity contribution in [2.75, 3.05) is 13.2 Å². The van der Waals surface area contributed by atoms with Crippen LogP contribution in [-0.2, 0) is 4.74 Å². The molecule has 0 fully saturated rings. The maximum Gasteiger partial charge on any atom is 0.114 e. The van der Waals surface area contributed by atoms with Gasteiger partial charge in [0.05, 0.1) is 6.61 Å². The van der Waals surface area contributed by atoms with E-state index in [1.165, 1.54) is 0 Å². The summed E-state index contributed by atoms with van der Waals surface area (Å²) in [6.45, 7) is 6.24. The van der Waals surface area contributed by atoms with E-state index in [4.69, 9.17) is 4.74 Å². The number of ether oxygens (including phenoxy) is 1. The minimum Gasteiger partial charge on any atom is -0.494 e. The molecule has 0 saturated carbocycles. The molecular weight excluding hydrogens is 174 g/mol. The Labute approximate surface area is 87.0 Å². The SMILES string of the molecule is CC(C)NCC/C=C/C1=CCCCO1. The summed E-state index contributed by atoms with van der Waals surface area (Å²) < 4.78 is 5.46. The highest BCUT2D eigenvalue weighted by Gasteiger charge is 1.98. The fraction of sp³-hybridized carbons (Fsp3) is 0.667. The first kappa shape index (κ1) is 11.3. The van der Waals surface area contributed by atoms with Gasteiger partial charge in [-0.05, 0) is 38.0 Å². The van der Waals surface area contributed by atoms with Gasteiger partial charge in [-0.1, -0.05) is 19.9 Å². The van der Waals surface area contributed by atoms with Crippen LogP contribution in [0, 0.1) is 0 Å². The predicted molar refractivity (Wildman–Crippen MR) is 60.2 cm³/mol. The van der Waals surface area contributed by atoms with Gasteiger partial charge in [-0.2, -0.15) is 0 Å². The lowest BCUT2D eigenvalue weighted by Gasteiger charge is -2.11. The van der Waals surface area contributed by atoms with Crippen LogP contribution >= 0.6 is 0 Å². The Kier molecular flexibility index (Phi) is 5.38. The Balaban J connectivity index is 2.10. The number of rotatable bonds is 5. The van der Waals surface area contributed by atoms with Crippen molar-refractivity contribution in [3.63, 3.8) is 0 Å². The zero-order valence-electron chi connectivity index (χ0n) is 9.25. The Morgan fingerprint density at radius 3 is 3.07 bits per heavy atom. The van der Waals surface area contributed by atoms with Crippen molar-refractivity contribution in [1.29, 1.82) is 0 Å². The van der Waals surface area contributed by atoms with Gasteiger partial charge in [0.25, 0.3) is 0 Å². The van der Waals surface area contributed by atoms with E-state index in [0.29, 0.717) is 6.04 Å². The van der Waals surface area contributed by atoms with Gasteiger partial charge in [0.2, 0.25) is 0 Å². The predicted octanol–water partition coefficient (Wildman–Crippen LogP) is 2.63. The molecule has 1 heterocycles. The van der Waals surface area contributed by atoms with Crippen LogP contribution in [0.2, 0.25) is 0 Å². The summed E-state index contributed by atoms with van der Waals surface area (Å²) >= 11 is 0. The Hall–Kier alpha value is -0.760. The monoisotopic (exact) mass is 195 g/mol. The van der Waals surface area contributed by atoms with Crippen molar-refractivity contribution in [2.45, 2.75) is 39.2 Å². The summed E-state index contributed by atoms with van der Waals surface area (Å²) in [6.07, 6.45) is 9.80. The lowest BCUT2D eigenvalue weighted by Crippen LogP contribution is -2.23. The molecule has 1 aliphatic heterocycles. The average molecular weight is 195 g/mol. The maximum absolute atomic E-state index is 5.46. The zero-order chi connectivity index (χ0) is 10.2. The molecule has 1 rings (SSSR count). The third-order valence-electron chi connectivity index (χ3n) is 2.11. The Morgan fingerprint density at radius 1 is 1.57 bits per heavy atom. The molecule has 0 aromatic heterocycles. The molecule has 0 saturated heterocycles. The van der Waals surface area contributed by atoms with Crippen molar-refractivity contribution in [3.8, 4) is 0 Å².